The minimum atomic E-state index is -3.80. The van der Waals surface area contributed by atoms with Crippen LogP contribution in [0.1, 0.15) is 18.4 Å². The van der Waals surface area contributed by atoms with E-state index in [2.05, 4.69) is 10.3 Å². The average molecular weight is 509 g/mol. The topological polar surface area (TPSA) is 97.5 Å². The number of benzene rings is 2. The van der Waals surface area contributed by atoms with Crippen LogP contribution in [0.25, 0.3) is 11.3 Å². The van der Waals surface area contributed by atoms with Crippen LogP contribution in [0.3, 0.4) is 0 Å². The first-order valence-corrected chi connectivity index (χ1v) is 13.2. The maximum Gasteiger partial charge on any atom is 0.250 e. The number of aryl methyl sites for hydroxylation is 1. The van der Waals surface area contributed by atoms with E-state index in [1.54, 1.807) is 6.07 Å². The van der Waals surface area contributed by atoms with Gasteiger partial charge in [-0.05, 0) is 48.9 Å². The number of aromatic nitrogens is 1. The number of thiazole rings is 1. The van der Waals surface area contributed by atoms with Gasteiger partial charge in [0.2, 0.25) is 10.0 Å². The zero-order valence-electron chi connectivity index (χ0n) is 18.6. The summed E-state index contributed by atoms with van der Waals surface area (Å²) in [5, 5.41) is 10.9. The molecule has 1 fully saturated rings. The van der Waals surface area contributed by atoms with Crippen LogP contribution in [0.5, 0.6) is 5.75 Å². The molecular formula is C23H26F2N4O3S2. The number of sulfonamides is 1. The fourth-order valence-electron chi connectivity index (χ4n) is 3.61. The van der Waals surface area contributed by atoms with Gasteiger partial charge in [-0.2, -0.15) is 0 Å². The van der Waals surface area contributed by atoms with Crippen LogP contribution in [0, 0.1) is 6.92 Å². The Morgan fingerprint density at radius 2 is 1.88 bits per heavy atom. The fourth-order valence-corrected chi connectivity index (χ4v) is 4.88. The molecule has 0 saturated carbocycles. The molecule has 1 aliphatic rings. The van der Waals surface area contributed by atoms with Crippen molar-refractivity contribution >= 4 is 32.2 Å². The van der Waals surface area contributed by atoms with Crippen LogP contribution in [0.15, 0.2) is 52.7 Å². The van der Waals surface area contributed by atoms with Gasteiger partial charge in [0.25, 0.3) is 5.92 Å². The summed E-state index contributed by atoms with van der Waals surface area (Å²) >= 11 is 1.40. The molecule has 1 aromatic heterocycles. The predicted molar refractivity (Wildman–Crippen MR) is 130 cm³/mol. The van der Waals surface area contributed by atoms with Crippen molar-refractivity contribution in [3.63, 3.8) is 0 Å². The lowest BCUT2D eigenvalue weighted by Gasteiger charge is -2.31. The number of primary sulfonamides is 1. The van der Waals surface area contributed by atoms with E-state index in [9.17, 15) is 17.2 Å². The predicted octanol–water partition coefficient (Wildman–Crippen LogP) is 4.62. The average Bonchev–Trinajstić information content (AvgIpc) is 3.25. The van der Waals surface area contributed by atoms with Crippen molar-refractivity contribution in [1.29, 1.82) is 0 Å². The summed E-state index contributed by atoms with van der Waals surface area (Å²) < 4.78 is 55.5. The number of halogens is 2. The lowest BCUT2D eigenvalue weighted by molar-refractivity contribution is -0.0564. The number of nitrogens with two attached hydrogens (primary N) is 1. The molecule has 0 amide bonds. The normalized spacial score (nSPS) is 16.4. The Balaban J connectivity index is 1.33. The van der Waals surface area contributed by atoms with E-state index in [-0.39, 0.29) is 17.7 Å². The Morgan fingerprint density at radius 1 is 1.18 bits per heavy atom. The zero-order valence-corrected chi connectivity index (χ0v) is 20.3. The lowest BCUT2D eigenvalue weighted by Crippen LogP contribution is -2.41. The first-order chi connectivity index (χ1) is 16.1. The number of rotatable bonds is 8. The largest absolute Gasteiger partial charge is 0.492 e. The number of hydrogen-bond acceptors (Lipinski definition) is 7. The van der Waals surface area contributed by atoms with E-state index in [0.717, 1.165) is 16.8 Å². The molecule has 3 N–H and O–H groups in total. The second-order valence-corrected chi connectivity index (χ2v) is 10.7. The number of likely N-dealkylation sites (tertiary alicyclic amines) is 1. The molecule has 0 unspecified atom stereocenters. The van der Waals surface area contributed by atoms with Crippen molar-refractivity contribution in [3.8, 4) is 17.0 Å². The molecule has 0 aliphatic carbocycles. The van der Waals surface area contributed by atoms with Crippen molar-refractivity contribution in [3.05, 3.63) is 53.4 Å². The molecule has 11 heteroatoms. The van der Waals surface area contributed by atoms with Crippen LogP contribution < -0.4 is 15.2 Å². The smallest absolute Gasteiger partial charge is 0.250 e. The third-order valence-corrected chi connectivity index (χ3v) is 7.37. The van der Waals surface area contributed by atoms with Gasteiger partial charge in [0.05, 0.1) is 10.6 Å². The van der Waals surface area contributed by atoms with Gasteiger partial charge < -0.3 is 10.1 Å². The molecule has 182 valence electrons. The molecular weight excluding hydrogens is 482 g/mol. The Bertz CT molecular complexity index is 1240. The van der Waals surface area contributed by atoms with Crippen molar-refractivity contribution in [2.75, 3.05) is 31.6 Å². The second-order valence-electron chi connectivity index (χ2n) is 8.26. The number of alkyl halides is 2. The van der Waals surface area contributed by atoms with E-state index >= 15 is 0 Å². The fraction of sp³-hybridized carbons (Fsp3) is 0.348. The lowest BCUT2D eigenvalue weighted by atomic mass is 10.1. The summed E-state index contributed by atoms with van der Waals surface area (Å²) in [7, 11) is -3.80. The highest BCUT2D eigenvalue weighted by Crippen LogP contribution is 2.30. The number of anilines is 2. The number of nitrogens with zero attached hydrogens (tertiary/aromatic N) is 2. The Kier molecular flexibility index (Phi) is 7.17. The monoisotopic (exact) mass is 508 g/mol. The summed E-state index contributed by atoms with van der Waals surface area (Å²) in [6.07, 6.45) is -0.188. The van der Waals surface area contributed by atoms with E-state index in [1.165, 1.54) is 23.5 Å². The third-order valence-electron chi connectivity index (χ3n) is 5.70. The third kappa shape index (κ3) is 6.29. The number of hydrogen-bond donors (Lipinski definition) is 2. The minimum Gasteiger partial charge on any atom is -0.492 e. The van der Waals surface area contributed by atoms with Crippen LogP contribution in [-0.2, 0) is 10.0 Å². The highest BCUT2D eigenvalue weighted by molar-refractivity contribution is 7.89. The van der Waals surface area contributed by atoms with Crippen LogP contribution in [-0.4, -0.2) is 50.5 Å². The summed E-state index contributed by atoms with van der Waals surface area (Å²) in [4.78, 5) is 6.62. The molecule has 0 spiro atoms. The van der Waals surface area contributed by atoms with E-state index in [4.69, 9.17) is 9.88 Å². The number of ether oxygens (including phenoxy) is 1. The molecule has 1 aliphatic heterocycles. The minimum absolute atomic E-state index is 0.0335. The van der Waals surface area contributed by atoms with Crippen molar-refractivity contribution in [2.24, 2.45) is 5.14 Å². The Morgan fingerprint density at radius 3 is 2.56 bits per heavy atom. The molecule has 34 heavy (non-hydrogen) atoms. The van der Waals surface area contributed by atoms with Crippen LogP contribution >= 0.6 is 11.3 Å². The van der Waals surface area contributed by atoms with Gasteiger partial charge >= 0.3 is 0 Å². The van der Waals surface area contributed by atoms with Gasteiger partial charge in [0.15, 0.2) is 5.13 Å². The summed E-state index contributed by atoms with van der Waals surface area (Å²) in [5.74, 6) is -1.83. The standard InChI is InChI=1S/C23H26F2N4O3S2/c1-16-2-7-19(34(26,30)31)14-20(16)27-22-28-21(15-33-22)17-3-5-18(6-4-17)32-13-12-29-10-8-23(24,25)9-11-29/h2-7,14-15H,8-13H2,1H3,(H,27,28)(H2,26,30,31). The number of piperidine rings is 1. The summed E-state index contributed by atoms with van der Waals surface area (Å²) in [5.41, 5.74) is 3.16. The van der Waals surface area contributed by atoms with Gasteiger partial charge in [0.1, 0.15) is 12.4 Å². The first-order valence-electron chi connectivity index (χ1n) is 10.8. The van der Waals surface area contributed by atoms with Gasteiger partial charge in [-0.1, -0.05) is 6.07 Å². The maximum absolute atomic E-state index is 13.2. The molecule has 2 aromatic carbocycles. The van der Waals surface area contributed by atoms with Crippen LogP contribution in [0.2, 0.25) is 0 Å². The SMILES string of the molecule is Cc1ccc(S(N)(=O)=O)cc1Nc1nc(-c2ccc(OCCN3CCC(F)(F)CC3)cc2)cs1. The highest BCUT2D eigenvalue weighted by Gasteiger charge is 2.33. The summed E-state index contributed by atoms with van der Waals surface area (Å²) in [6.45, 7) is 3.70. The maximum atomic E-state index is 13.2. The summed E-state index contributed by atoms with van der Waals surface area (Å²) in [6, 6.07) is 12.2. The van der Waals surface area contributed by atoms with Crippen molar-refractivity contribution in [2.45, 2.75) is 30.6 Å². The van der Waals surface area contributed by atoms with Crippen molar-refractivity contribution < 1.29 is 21.9 Å². The molecule has 7 nitrogen and oxygen atoms in total. The van der Waals surface area contributed by atoms with E-state index in [1.807, 2.05) is 41.5 Å². The first kappa shape index (κ1) is 24.5. The number of nitrogens with one attached hydrogen (secondary N) is 1. The molecule has 2 heterocycles. The molecule has 0 bridgehead atoms. The zero-order chi connectivity index (χ0) is 24.3. The Labute approximate surface area is 201 Å². The van der Waals surface area contributed by atoms with Gasteiger partial charge in [-0.15, -0.1) is 11.3 Å². The second kappa shape index (κ2) is 9.95. The van der Waals surface area contributed by atoms with Gasteiger partial charge in [-0.25, -0.2) is 27.3 Å². The van der Waals surface area contributed by atoms with Gasteiger partial charge in [-0.3, -0.25) is 4.90 Å². The highest BCUT2D eigenvalue weighted by atomic mass is 32.2. The molecule has 4 rings (SSSR count). The quantitative estimate of drug-likeness (QED) is 0.461. The molecule has 1 saturated heterocycles. The molecule has 3 aromatic rings. The van der Waals surface area contributed by atoms with Crippen LogP contribution in [0.4, 0.5) is 19.6 Å². The Hall–Kier alpha value is -2.60. The van der Waals surface area contributed by atoms with E-state index in [0.29, 0.717) is 42.8 Å². The van der Waals surface area contributed by atoms with Crippen molar-refractivity contribution in [1.82, 2.24) is 9.88 Å². The molecule has 0 atom stereocenters. The van der Waals surface area contributed by atoms with E-state index < -0.39 is 15.9 Å². The van der Waals surface area contributed by atoms with Gasteiger partial charge in [0, 0.05) is 49.1 Å². The molecule has 0 radical (unpaired) electrons.